The summed E-state index contributed by atoms with van der Waals surface area (Å²) in [5.74, 6) is 0. The minimum atomic E-state index is -0.113. The molecule has 1 heterocycles. The lowest BCUT2D eigenvalue weighted by atomic mass is 9.81. The van der Waals surface area contributed by atoms with Gasteiger partial charge in [0.05, 0.1) is 6.07 Å². The first kappa shape index (κ1) is 11.9. The molecule has 16 heavy (non-hydrogen) atoms. The molecule has 0 aromatic rings. The first-order valence-corrected chi connectivity index (χ1v) is 6.69. The van der Waals surface area contributed by atoms with Crippen LogP contribution in [0.3, 0.4) is 0 Å². The standard InChI is InChI=1S/C13H23N3/c1-2-15-8-10-16(11-9-15)13(12-14)6-4-3-5-7-13/h2-11H2,1H3. The SMILES string of the molecule is CCN1CCN(C2(C#N)CCCCC2)CC1. The van der Waals surface area contributed by atoms with Crippen LogP contribution in [0.15, 0.2) is 0 Å². The summed E-state index contributed by atoms with van der Waals surface area (Å²) in [6.45, 7) is 7.81. The molecule has 3 heteroatoms. The van der Waals surface area contributed by atoms with Gasteiger partial charge in [0.15, 0.2) is 0 Å². The van der Waals surface area contributed by atoms with Gasteiger partial charge in [-0.3, -0.25) is 4.90 Å². The number of nitrogens with zero attached hydrogens (tertiary/aromatic N) is 3. The van der Waals surface area contributed by atoms with E-state index in [0.717, 1.165) is 45.6 Å². The molecule has 0 atom stereocenters. The van der Waals surface area contributed by atoms with Crippen LogP contribution in [0, 0.1) is 11.3 Å². The van der Waals surface area contributed by atoms with Crippen LogP contribution in [0.4, 0.5) is 0 Å². The summed E-state index contributed by atoms with van der Waals surface area (Å²) in [4.78, 5) is 4.93. The molecule has 2 rings (SSSR count). The van der Waals surface area contributed by atoms with Crippen molar-refractivity contribution in [2.24, 2.45) is 0 Å². The Balaban J connectivity index is 1.98. The fourth-order valence-corrected chi connectivity index (χ4v) is 3.13. The van der Waals surface area contributed by atoms with Crippen molar-refractivity contribution in [2.75, 3.05) is 32.7 Å². The Labute approximate surface area is 99.0 Å². The fraction of sp³-hybridized carbons (Fsp3) is 0.923. The van der Waals surface area contributed by atoms with Crippen molar-refractivity contribution in [3.63, 3.8) is 0 Å². The number of nitriles is 1. The zero-order valence-corrected chi connectivity index (χ0v) is 10.4. The number of piperazine rings is 1. The van der Waals surface area contributed by atoms with E-state index in [4.69, 9.17) is 0 Å². The average molecular weight is 221 g/mol. The number of hydrogen-bond donors (Lipinski definition) is 0. The molecule has 0 spiro atoms. The van der Waals surface area contributed by atoms with E-state index in [9.17, 15) is 5.26 Å². The third kappa shape index (κ3) is 2.23. The Morgan fingerprint density at radius 2 is 1.69 bits per heavy atom. The van der Waals surface area contributed by atoms with E-state index in [1.807, 2.05) is 0 Å². The highest BCUT2D eigenvalue weighted by atomic mass is 15.3. The van der Waals surface area contributed by atoms with Gasteiger partial charge in [-0.15, -0.1) is 0 Å². The average Bonchev–Trinajstić information content (AvgIpc) is 2.39. The van der Waals surface area contributed by atoms with Crippen molar-refractivity contribution >= 4 is 0 Å². The molecule has 2 fully saturated rings. The molecule has 0 unspecified atom stereocenters. The summed E-state index contributed by atoms with van der Waals surface area (Å²) in [6.07, 6.45) is 5.98. The van der Waals surface area contributed by atoms with E-state index in [1.165, 1.54) is 19.3 Å². The van der Waals surface area contributed by atoms with Crippen molar-refractivity contribution in [1.29, 1.82) is 5.26 Å². The molecule has 0 N–H and O–H groups in total. The van der Waals surface area contributed by atoms with Gasteiger partial charge >= 0.3 is 0 Å². The molecule has 1 saturated carbocycles. The molecule has 1 saturated heterocycles. The maximum Gasteiger partial charge on any atom is 0.109 e. The first-order valence-electron chi connectivity index (χ1n) is 6.69. The van der Waals surface area contributed by atoms with E-state index in [0.29, 0.717) is 0 Å². The van der Waals surface area contributed by atoms with Crippen LogP contribution >= 0.6 is 0 Å². The fourth-order valence-electron chi connectivity index (χ4n) is 3.13. The zero-order chi connectivity index (χ0) is 11.4. The first-order chi connectivity index (χ1) is 7.80. The van der Waals surface area contributed by atoms with Gasteiger partial charge in [-0.25, -0.2) is 0 Å². The number of rotatable bonds is 2. The highest BCUT2D eigenvalue weighted by molar-refractivity contribution is 5.10. The van der Waals surface area contributed by atoms with Gasteiger partial charge in [-0.2, -0.15) is 5.26 Å². The Morgan fingerprint density at radius 3 is 2.19 bits per heavy atom. The van der Waals surface area contributed by atoms with Crippen molar-refractivity contribution in [1.82, 2.24) is 9.80 Å². The van der Waals surface area contributed by atoms with Crippen molar-refractivity contribution in [3.8, 4) is 6.07 Å². The van der Waals surface area contributed by atoms with Crippen molar-refractivity contribution in [2.45, 2.75) is 44.6 Å². The van der Waals surface area contributed by atoms with E-state index in [-0.39, 0.29) is 5.54 Å². The Kier molecular flexibility index (Phi) is 3.83. The van der Waals surface area contributed by atoms with Crippen molar-refractivity contribution < 1.29 is 0 Å². The van der Waals surface area contributed by atoms with Crippen LogP contribution in [-0.4, -0.2) is 48.1 Å². The van der Waals surface area contributed by atoms with Gasteiger partial charge in [0.1, 0.15) is 5.54 Å². The molecular formula is C13H23N3. The molecule has 1 aliphatic heterocycles. The molecule has 0 amide bonds. The maximum absolute atomic E-state index is 9.51. The maximum atomic E-state index is 9.51. The van der Waals surface area contributed by atoms with E-state index in [1.54, 1.807) is 0 Å². The molecular weight excluding hydrogens is 198 g/mol. The highest BCUT2D eigenvalue weighted by Crippen LogP contribution is 2.33. The number of likely N-dealkylation sites (N-methyl/N-ethyl adjacent to an activating group) is 1. The molecule has 3 nitrogen and oxygen atoms in total. The second-order valence-electron chi connectivity index (χ2n) is 5.13. The van der Waals surface area contributed by atoms with Gasteiger partial charge in [0.25, 0.3) is 0 Å². The third-order valence-electron chi connectivity index (χ3n) is 4.31. The molecule has 0 bridgehead atoms. The summed E-state index contributed by atoms with van der Waals surface area (Å²) in [6, 6.07) is 2.63. The molecule has 0 radical (unpaired) electrons. The summed E-state index contributed by atoms with van der Waals surface area (Å²) in [7, 11) is 0. The van der Waals surface area contributed by atoms with Crippen LogP contribution in [-0.2, 0) is 0 Å². The monoisotopic (exact) mass is 221 g/mol. The van der Waals surface area contributed by atoms with Gasteiger partial charge < -0.3 is 4.90 Å². The molecule has 0 aromatic heterocycles. The quantitative estimate of drug-likeness (QED) is 0.713. The highest BCUT2D eigenvalue weighted by Gasteiger charge is 2.39. The van der Waals surface area contributed by atoms with Crippen LogP contribution in [0.2, 0.25) is 0 Å². The third-order valence-corrected chi connectivity index (χ3v) is 4.31. The zero-order valence-electron chi connectivity index (χ0n) is 10.4. The van der Waals surface area contributed by atoms with Gasteiger partial charge in [-0.05, 0) is 19.4 Å². The molecule has 90 valence electrons. The summed E-state index contributed by atoms with van der Waals surface area (Å²) in [5.41, 5.74) is -0.113. The van der Waals surface area contributed by atoms with E-state index >= 15 is 0 Å². The van der Waals surface area contributed by atoms with Crippen LogP contribution in [0.1, 0.15) is 39.0 Å². The predicted molar refractivity (Wildman–Crippen MR) is 65.1 cm³/mol. The van der Waals surface area contributed by atoms with Crippen LogP contribution in [0.25, 0.3) is 0 Å². The smallest absolute Gasteiger partial charge is 0.109 e. The summed E-state index contributed by atoms with van der Waals surface area (Å²) < 4.78 is 0. The van der Waals surface area contributed by atoms with Crippen LogP contribution in [0.5, 0.6) is 0 Å². The minimum absolute atomic E-state index is 0.113. The topological polar surface area (TPSA) is 30.3 Å². The Hall–Kier alpha value is -0.590. The lowest BCUT2D eigenvalue weighted by Crippen LogP contribution is -2.57. The predicted octanol–water partition coefficient (Wildman–Crippen LogP) is 1.85. The van der Waals surface area contributed by atoms with E-state index < -0.39 is 0 Å². The molecule has 1 aliphatic carbocycles. The normalized spacial score (nSPS) is 27.5. The van der Waals surface area contributed by atoms with Crippen LogP contribution < -0.4 is 0 Å². The van der Waals surface area contributed by atoms with Gasteiger partial charge in [0.2, 0.25) is 0 Å². The van der Waals surface area contributed by atoms with E-state index in [2.05, 4.69) is 22.8 Å². The molecule has 0 aromatic carbocycles. The van der Waals surface area contributed by atoms with Gasteiger partial charge in [-0.1, -0.05) is 26.2 Å². The molecule has 2 aliphatic rings. The second kappa shape index (κ2) is 5.16. The van der Waals surface area contributed by atoms with Crippen molar-refractivity contribution in [3.05, 3.63) is 0 Å². The largest absolute Gasteiger partial charge is 0.301 e. The number of hydrogen-bond acceptors (Lipinski definition) is 3. The summed E-state index contributed by atoms with van der Waals surface area (Å²) >= 11 is 0. The lowest BCUT2D eigenvalue weighted by Gasteiger charge is -2.45. The van der Waals surface area contributed by atoms with Gasteiger partial charge in [0, 0.05) is 26.2 Å². The second-order valence-corrected chi connectivity index (χ2v) is 5.13. The Morgan fingerprint density at radius 1 is 1.06 bits per heavy atom. The Bertz CT molecular complexity index is 255. The lowest BCUT2D eigenvalue weighted by molar-refractivity contribution is 0.0433. The summed E-state index contributed by atoms with van der Waals surface area (Å²) in [5, 5.41) is 9.51. The minimum Gasteiger partial charge on any atom is -0.301 e.